The van der Waals surface area contributed by atoms with Crippen LogP contribution in [0.15, 0.2) is 17.5 Å². The Labute approximate surface area is 154 Å². The third-order valence-electron chi connectivity index (χ3n) is 3.94. The summed E-state index contributed by atoms with van der Waals surface area (Å²) in [6.07, 6.45) is 1.54. The van der Waals surface area contributed by atoms with Crippen LogP contribution in [0.1, 0.15) is 24.1 Å². The van der Waals surface area contributed by atoms with Gasteiger partial charge in [-0.2, -0.15) is 0 Å². The highest BCUT2D eigenvalue weighted by molar-refractivity contribution is 7.14. The lowest BCUT2D eigenvalue weighted by Crippen LogP contribution is -2.23. The molecule has 0 bridgehead atoms. The van der Waals surface area contributed by atoms with Gasteiger partial charge in [0.1, 0.15) is 5.75 Å². The lowest BCUT2D eigenvalue weighted by Gasteiger charge is -2.12. The molecule has 0 spiro atoms. The Balaban J connectivity index is 1.68. The van der Waals surface area contributed by atoms with E-state index in [9.17, 15) is 9.59 Å². The van der Waals surface area contributed by atoms with Gasteiger partial charge < -0.3 is 10.1 Å². The number of amides is 2. The predicted molar refractivity (Wildman–Crippen MR) is 98.8 cm³/mol. The van der Waals surface area contributed by atoms with Crippen molar-refractivity contribution in [2.45, 2.75) is 26.2 Å². The van der Waals surface area contributed by atoms with Gasteiger partial charge in [0.25, 0.3) is 0 Å². The number of nitrogens with zero attached hydrogens (tertiary/aromatic N) is 2. The van der Waals surface area contributed by atoms with Crippen molar-refractivity contribution in [1.29, 1.82) is 0 Å². The SMILES string of the molecule is COc1cc(Cl)c(C)cc1NC(=O)Cc1csc(N2CCCC2=O)n1. The summed E-state index contributed by atoms with van der Waals surface area (Å²) in [5.74, 6) is 0.391. The summed E-state index contributed by atoms with van der Waals surface area (Å²) in [5, 5.41) is 5.87. The smallest absolute Gasteiger partial charge is 0.230 e. The first-order valence-electron chi connectivity index (χ1n) is 7.86. The van der Waals surface area contributed by atoms with Gasteiger partial charge in [0.15, 0.2) is 5.13 Å². The van der Waals surface area contributed by atoms with Crippen LogP contribution in [0, 0.1) is 6.92 Å². The normalized spacial score (nSPS) is 14.0. The Morgan fingerprint density at radius 1 is 1.48 bits per heavy atom. The quantitative estimate of drug-likeness (QED) is 0.864. The Morgan fingerprint density at radius 3 is 2.96 bits per heavy atom. The van der Waals surface area contributed by atoms with Gasteiger partial charge in [-0.05, 0) is 25.0 Å². The van der Waals surface area contributed by atoms with Crippen molar-refractivity contribution in [3.63, 3.8) is 0 Å². The molecule has 0 aliphatic carbocycles. The van der Waals surface area contributed by atoms with Crippen LogP contribution in [0.5, 0.6) is 5.75 Å². The van der Waals surface area contributed by atoms with E-state index in [0.29, 0.717) is 40.3 Å². The van der Waals surface area contributed by atoms with Gasteiger partial charge in [0.05, 0.1) is 24.9 Å². The van der Waals surface area contributed by atoms with Crippen molar-refractivity contribution in [3.8, 4) is 5.75 Å². The lowest BCUT2D eigenvalue weighted by atomic mass is 10.2. The molecular weight excluding hydrogens is 362 g/mol. The van der Waals surface area contributed by atoms with E-state index >= 15 is 0 Å². The van der Waals surface area contributed by atoms with Gasteiger partial charge in [-0.3, -0.25) is 14.5 Å². The average Bonchev–Trinajstić information content (AvgIpc) is 3.19. The number of halogens is 1. The third-order valence-corrected chi connectivity index (χ3v) is 5.26. The first-order chi connectivity index (χ1) is 12.0. The molecule has 1 aliphatic heterocycles. The fourth-order valence-corrected chi connectivity index (χ4v) is 3.66. The number of anilines is 2. The van der Waals surface area contributed by atoms with Crippen LogP contribution in [-0.2, 0) is 16.0 Å². The van der Waals surface area contributed by atoms with E-state index in [1.807, 2.05) is 12.3 Å². The Kier molecular flexibility index (Phi) is 5.24. The highest BCUT2D eigenvalue weighted by Gasteiger charge is 2.24. The molecule has 1 saturated heterocycles. The van der Waals surface area contributed by atoms with E-state index in [2.05, 4.69) is 10.3 Å². The third kappa shape index (κ3) is 3.93. The molecule has 1 aliphatic rings. The first-order valence-corrected chi connectivity index (χ1v) is 9.12. The Hall–Kier alpha value is -2.12. The Morgan fingerprint density at radius 2 is 2.28 bits per heavy atom. The van der Waals surface area contributed by atoms with Crippen LogP contribution < -0.4 is 15.0 Å². The molecule has 1 aromatic heterocycles. The molecule has 1 fully saturated rings. The summed E-state index contributed by atoms with van der Waals surface area (Å²) in [7, 11) is 1.52. The molecule has 2 amide bonds. The van der Waals surface area contributed by atoms with E-state index in [1.54, 1.807) is 17.0 Å². The second-order valence-corrected chi connectivity index (χ2v) is 7.04. The molecule has 2 heterocycles. The number of ether oxygens (including phenoxy) is 1. The number of thiazole rings is 1. The Bertz CT molecular complexity index is 821. The molecule has 3 rings (SSSR count). The maximum absolute atomic E-state index is 12.3. The van der Waals surface area contributed by atoms with Crippen molar-refractivity contribution in [2.24, 2.45) is 0 Å². The topological polar surface area (TPSA) is 71.5 Å². The number of rotatable bonds is 5. The highest BCUT2D eigenvalue weighted by atomic mass is 35.5. The zero-order chi connectivity index (χ0) is 18.0. The molecule has 1 aromatic carbocycles. The van der Waals surface area contributed by atoms with Crippen molar-refractivity contribution < 1.29 is 14.3 Å². The number of aromatic nitrogens is 1. The van der Waals surface area contributed by atoms with Crippen molar-refractivity contribution >= 4 is 45.6 Å². The molecule has 25 heavy (non-hydrogen) atoms. The minimum absolute atomic E-state index is 0.0896. The second-order valence-electron chi connectivity index (χ2n) is 5.80. The van der Waals surface area contributed by atoms with Crippen molar-refractivity contribution in [2.75, 3.05) is 23.9 Å². The van der Waals surface area contributed by atoms with Crippen molar-refractivity contribution in [3.05, 3.63) is 33.8 Å². The fraction of sp³-hybridized carbons (Fsp3) is 0.353. The van der Waals surface area contributed by atoms with Crippen LogP contribution >= 0.6 is 22.9 Å². The maximum Gasteiger partial charge on any atom is 0.230 e. The average molecular weight is 380 g/mol. The molecule has 2 aromatic rings. The van der Waals surface area contributed by atoms with Crippen LogP contribution in [0.25, 0.3) is 0 Å². The predicted octanol–water partition coefficient (Wildman–Crippen LogP) is 3.42. The first kappa shape index (κ1) is 17.7. The molecule has 0 atom stereocenters. The number of benzene rings is 1. The number of hydrogen-bond donors (Lipinski definition) is 1. The lowest BCUT2D eigenvalue weighted by molar-refractivity contribution is -0.117. The summed E-state index contributed by atoms with van der Waals surface area (Å²) >= 11 is 7.46. The van der Waals surface area contributed by atoms with Crippen LogP contribution in [0.2, 0.25) is 5.02 Å². The van der Waals surface area contributed by atoms with E-state index in [0.717, 1.165) is 12.0 Å². The van der Waals surface area contributed by atoms with Crippen molar-refractivity contribution in [1.82, 2.24) is 4.98 Å². The minimum atomic E-state index is -0.204. The van der Waals surface area contributed by atoms with Gasteiger partial charge >= 0.3 is 0 Å². The number of carbonyl (C=O) groups excluding carboxylic acids is 2. The molecule has 8 heteroatoms. The maximum atomic E-state index is 12.3. The molecule has 0 saturated carbocycles. The number of nitrogens with one attached hydrogen (secondary N) is 1. The van der Waals surface area contributed by atoms with Gasteiger partial charge in [-0.15, -0.1) is 11.3 Å². The minimum Gasteiger partial charge on any atom is -0.495 e. The van der Waals surface area contributed by atoms with E-state index in [4.69, 9.17) is 16.3 Å². The number of aryl methyl sites for hydroxylation is 1. The van der Waals surface area contributed by atoms with Crippen LogP contribution in [-0.4, -0.2) is 30.5 Å². The summed E-state index contributed by atoms with van der Waals surface area (Å²) in [4.78, 5) is 30.2. The summed E-state index contributed by atoms with van der Waals surface area (Å²) < 4.78 is 5.26. The van der Waals surface area contributed by atoms with E-state index in [1.165, 1.54) is 18.4 Å². The number of carbonyl (C=O) groups is 2. The molecule has 132 valence electrons. The second kappa shape index (κ2) is 7.41. The van der Waals surface area contributed by atoms with E-state index in [-0.39, 0.29) is 18.2 Å². The van der Waals surface area contributed by atoms with Gasteiger partial charge in [0.2, 0.25) is 11.8 Å². The fourth-order valence-electron chi connectivity index (χ4n) is 2.64. The zero-order valence-corrected chi connectivity index (χ0v) is 15.5. The monoisotopic (exact) mass is 379 g/mol. The van der Waals surface area contributed by atoms with E-state index < -0.39 is 0 Å². The number of methoxy groups -OCH3 is 1. The molecular formula is C17H18ClN3O3S. The molecule has 1 N–H and O–H groups in total. The van der Waals surface area contributed by atoms with Gasteiger partial charge in [0, 0.05) is 29.4 Å². The molecule has 0 unspecified atom stereocenters. The summed E-state index contributed by atoms with van der Waals surface area (Å²) in [6.45, 7) is 2.55. The summed E-state index contributed by atoms with van der Waals surface area (Å²) in [5.41, 5.74) is 2.06. The highest BCUT2D eigenvalue weighted by Crippen LogP contribution is 2.31. The molecule has 0 radical (unpaired) electrons. The van der Waals surface area contributed by atoms with Gasteiger partial charge in [-0.1, -0.05) is 11.6 Å². The standard InChI is InChI=1S/C17H18ClN3O3S/c1-10-6-13(14(24-2)8-12(10)18)20-15(22)7-11-9-25-17(19-11)21-5-3-4-16(21)23/h6,8-9H,3-5,7H2,1-2H3,(H,20,22). The van der Waals surface area contributed by atoms with Gasteiger partial charge in [-0.25, -0.2) is 4.98 Å². The number of hydrogen-bond acceptors (Lipinski definition) is 5. The summed E-state index contributed by atoms with van der Waals surface area (Å²) in [6, 6.07) is 3.45. The zero-order valence-electron chi connectivity index (χ0n) is 14.0. The van der Waals surface area contributed by atoms with Crippen LogP contribution in [0.3, 0.4) is 0 Å². The molecule has 6 nitrogen and oxygen atoms in total. The van der Waals surface area contributed by atoms with Crippen LogP contribution in [0.4, 0.5) is 10.8 Å². The largest absolute Gasteiger partial charge is 0.495 e.